The number of hydrogen-bond acceptors (Lipinski definition) is 5. The van der Waals surface area contributed by atoms with Crippen molar-refractivity contribution in [3.8, 4) is 0 Å². The van der Waals surface area contributed by atoms with Crippen LogP contribution in [0.5, 0.6) is 0 Å². The number of Topliss-reactive ketones (excluding diaryl/α,β-unsaturated/α-hetero) is 1. The Hall–Kier alpha value is -1.88. The summed E-state index contributed by atoms with van der Waals surface area (Å²) in [6.07, 6.45) is -0.112. The number of methoxy groups -OCH3 is 1. The first-order valence-corrected chi connectivity index (χ1v) is 6.12. The molecule has 0 radical (unpaired) electrons. The molecule has 0 aliphatic carbocycles. The summed E-state index contributed by atoms with van der Waals surface area (Å²) in [6.45, 7) is 1.82. The van der Waals surface area contributed by atoms with Gasteiger partial charge in [0.05, 0.1) is 13.2 Å². The van der Waals surface area contributed by atoms with Crippen molar-refractivity contribution in [3.63, 3.8) is 0 Å². The third kappa shape index (κ3) is 5.52. The molecule has 0 aliphatic heterocycles. The van der Waals surface area contributed by atoms with Crippen LogP contribution in [0.1, 0.15) is 30.1 Å². The van der Waals surface area contributed by atoms with Gasteiger partial charge >= 0.3 is 5.97 Å². The fraction of sp³-hybridized carbons (Fsp3) is 0.429. The third-order valence-electron chi connectivity index (χ3n) is 2.72. The summed E-state index contributed by atoms with van der Waals surface area (Å²) in [5.41, 5.74) is 1.39. The van der Waals surface area contributed by atoms with Crippen molar-refractivity contribution >= 4 is 17.4 Å². The van der Waals surface area contributed by atoms with Gasteiger partial charge in [0.1, 0.15) is 0 Å². The maximum Gasteiger partial charge on any atom is 0.305 e. The van der Waals surface area contributed by atoms with Gasteiger partial charge in [0.2, 0.25) is 0 Å². The summed E-state index contributed by atoms with van der Waals surface area (Å²) in [5.74, 6) is -0.340. The molecule has 0 bridgehead atoms. The number of ketones is 1. The van der Waals surface area contributed by atoms with E-state index >= 15 is 0 Å². The smallest absolute Gasteiger partial charge is 0.305 e. The van der Waals surface area contributed by atoms with Crippen LogP contribution < -0.4 is 5.32 Å². The van der Waals surface area contributed by atoms with Crippen LogP contribution in [0.2, 0.25) is 0 Å². The summed E-state index contributed by atoms with van der Waals surface area (Å²) in [7, 11) is 1.32. The molecule has 5 heteroatoms. The van der Waals surface area contributed by atoms with Crippen molar-refractivity contribution < 1.29 is 19.4 Å². The summed E-state index contributed by atoms with van der Waals surface area (Å²) in [6, 6.07) is 7.07. The van der Waals surface area contributed by atoms with Gasteiger partial charge in [-0.05, 0) is 25.5 Å². The Kier molecular flexibility index (Phi) is 6.02. The Morgan fingerprint density at radius 3 is 2.79 bits per heavy atom. The second-order valence-electron chi connectivity index (χ2n) is 4.29. The SMILES string of the molecule is COC(=O)CCC(O)CNc1cccc(C(C)=O)c1. The van der Waals surface area contributed by atoms with E-state index in [0.29, 0.717) is 18.5 Å². The molecule has 0 aromatic heterocycles. The van der Waals surface area contributed by atoms with E-state index in [2.05, 4.69) is 10.1 Å². The average Bonchev–Trinajstić information content (AvgIpc) is 2.42. The van der Waals surface area contributed by atoms with Crippen LogP contribution in [0.15, 0.2) is 24.3 Å². The minimum atomic E-state index is -0.639. The fourth-order valence-electron chi connectivity index (χ4n) is 1.57. The maximum absolute atomic E-state index is 11.2. The van der Waals surface area contributed by atoms with Crippen LogP contribution in [0.3, 0.4) is 0 Å². The lowest BCUT2D eigenvalue weighted by molar-refractivity contribution is -0.141. The van der Waals surface area contributed by atoms with E-state index in [1.54, 1.807) is 18.2 Å². The largest absolute Gasteiger partial charge is 0.469 e. The zero-order chi connectivity index (χ0) is 14.3. The topological polar surface area (TPSA) is 75.6 Å². The Morgan fingerprint density at radius 2 is 2.16 bits per heavy atom. The summed E-state index contributed by atoms with van der Waals surface area (Å²) in [5, 5.41) is 12.7. The second-order valence-corrected chi connectivity index (χ2v) is 4.29. The van der Waals surface area contributed by atoms with Crippen LogP contribution in [-0.2, 0) is 9.53 Å². The van der Waals surface area contributed by atoms with Gasteiger partial charge in [-0.1, -0.05) is 12.1 Å². The molecular formula is C14H19NO4. The predicted molar refractivity (Wildman–Crippen MR) is 72.2 cm³/mol. The summed E-state index contributed by atoms with van der Waals surface area (Å²) < 4.78 is 4.50. The molecule has 0 saturated heterocycles. The number of ether oxygens (including phenoxy) is 1. The van der Waals surface area contributed by atoms with Crippen molar-refractivity contribution in [3.05, 3.63) is 29.8 Å². The monoisotopic (exact) mass is 265 g/mol. The zero-order valence-corrected chi connectivity index (χ0v) is 11.2. The quantitative estimate of drug-likeness (QED) is 0.578. The highest BCUT2D eigenvalue weighted by Crippen LogP contribution is 2.11. The van der Waals surface area contributed by atoms with Crippen molar-refractivity contribution in [1.82, 2.24) is 0 Å². The Bertz CT molecular complexity index is 445. The molecule has 1 aromatic rings. The third-order valence-corrected chi connectivity index (χ3v) is 2.72. The molecule has 0 spiro atoms. The first-order valence-electron chi connectivity index (χ1n) is 6.12. The molecule has 104 valence electrons. The molecule has 0 fully saturated rings. The molecule has 0 heterocycles. The molecule has 1 atom stereocenters. The van der Waals surface area contributed by atoms with Crippen LogP contribution in [0, 0.1) is 0 Å². The minimum Gasteiger partial charge on any atom is -0.469 e. The van der Waals surface area contributed by atoms with Crippen molar-refractivity contribution in [2.45, 2.75) is 25.9 Å². The van der Waals surface area contributed by atoms with Crippen molar-refractivity contribution in [2.75, 3.05) is 19.0 Å². The zero-order valence-electron chi connectivity index (χ0n) is 11.2. The van der Waals surface area contributed by atoms with Gasteiger partial charge in [-0.2, -0.15) is 0 Å². The van der Waals surface area contributed by atoms with Gasteiger partial charge in [0, 0.05) is 24.2 Å². The van der Waals surface area contributed by atoms with Gasteiger partial charge in [0.15, 0.2) is 5.78 Å². The highest BCUT2D eigenvalue weighted by Gasteiger charge is 2.08. The van der Waals surface area contributed by atoms with E-state index in [1.807, 2.05) is 6.07 Å². The molecule has 2 N–H and O–H groups in total. The molecule has 1 unspecified atom stereocenters. The van der Waals surface area contributed by atoms with E-state index in [4.69, 9.17) is 0 Å². The van der Waals surface area contributed by atoms with E-state index in [0.717, 1.165) is 5.69 Å². The van der Waals surface area contributed by atoms with Gasteiger partial charge in [-0.3, -0.25) is 9.59 Å². The first kappa shape index (κ1) is 15.2. The molecule has 19 heavy (non-hydrogen) atoms. The van der Waals surface area contributed by atoms with Crippen LogP contribution in [0.4, 0.5) is 5.69 Å². The lowest BCUT2D eigenvalue weighted by Gasteiger charge is -2.12. The highest BCUT2D eigenvalue weighted by molar-refractivity contribution is 5.94. The van der Waals surface area contributed by atoms with Crippen LogP contribution >= 0.6 is 0 Å². The van der Waals surface area contributed by atoms with Crippen LogP contribution in [0.25, 0.3) is 0 Å². The van der Waals surface area contributed by atoms with E-state index in [9.17, 15) is 14.7 Å². The summed E-state index contributed by atoms with van der Waals surface area (Å²) in [4.78, 5) is 22.1. The maximum atomic E-state index is 11.2. The lowest BCUT2D eigenvalue weighted by atomic mass is 10.1. The first-order chi connectivity index (χ1) is 9.02. The van der Waals surface area contributed by atoms with E-state index in [-0.39, 0.29) is 18.2 Å². The average molecular weight is 265 g/mol. The van der Waals surface area contributed by atoms with E-state index in [1.165, 1.54) is 14.0 Å². The molecule has 0 saturated carbocycles. The number of anilines is 1. The van der Waals surface area contributed by atoms with Gasteiger partial charge < -0.3 is 15.2 Å². The summed E-state index contributed by atoms with van der Waals surface area (Å²) >= 11 is 0. The van der Waals surface area contributed by atoms with Gasteiger partial charge in [-0.15, -0.1) is 0 Å². The number of aliphatic hydroxyl groups is 1. The highest BCUT2D eigenvalue weighted by atomic mass is 16.5. The Labute approximate surface area is 112 Å². The Morgan fingerprint density at radius 1 is 1.42 bits per heavy atom. The number of carbonyl (C=O) groups excluding carboxylic acids is 2. The molecular weight excluding hydrogens is 246 g/mol. The normalized spacial score (nSPS) is 11.7. The number of nitrogens with one attached hydrogen (secondary N) is 1. The van der Waals surface area contributed by atoms with Gasteiger partial charge in [0.25, 0.3) is 0 Å². The predicted octanol–water partition coefficient (Wildman–Crippen LogP) is 1.62. The molecule has 5 nitrogen and oxygen atoms in total. The number of carbonyl (C=O) groups is 2. The minimum absolute atomic E-state index is 0.00473. The molecule has 0 aliphatic rings. The second kappa shape index (κ2) is 7.53. The fourth-order valence-corrected chi connectivity index (χ4v) is 1.57. The standard InChI is InChI=1S/C14H19NO4/c1-10(16)11-4-3-5-12(8-11)15-9-13(17)6-7-14(18)19-2/h3-5,8,13,15,17H,6-7,9H2,1-2H3. The van der Waals surface area contributed by atoms with Crippen LogP contribution in [-0.4, -0.2) is 36.6 Å². The molecule has 0 amide bonds. The van der Waals surface area contributed by atoms with Gasteiger partial charge in [-0.25, -0.2) is 0 Å². The molecule has 1 rings (SSSR count). The number of benzene rings is 1. The lowest BCUT2D eigenvalue weighted by Crippen LogP contribution is -2.20. The number of hydrogen-bond donors (Lipinski definition) is 2. The Balaban J connectivity index is 2.41. The van der Waals surface area contributed by atoms with E-state index < -0.39 is 6.10 Å². The van der Waals surface area contributed by atoms with Crippen molar-refractivity contribution in [2.24, 2.45) is 0 Å². The number of aliphatic hydroxyl groups excluding tert-OH is 1. The molecule has 1 aromatic carbocycles. The number of rotatable bonds is 7. The van der Waals surface area contributed by atoms with Crippen molar-refractivity contribution in [1.29, 1.82) is 0 Å². The number of esters is 1.